The van der Waals surface area contributed by atoms with E-state index in [9.17, 15) is 4.79 Å². The van der Waals surface area contributed by atoms with Crippen LogP contribution in [0.25, 0.3) is 0 Å². The molecular weight excluding hydrogens is 266 g/mol. The van der Waals surface area contributed by atoms with Gasteiger partial charge in [-0.05, 0) is 45.0 Å². The SMILES string of the molecule is COC(=O)c1cccc(NCC(C)N2CCCCC2)c1N. The summed E-state index contributed by atoms with van der Waals surface area (Å²) in [6, 6.07) is 5.84. The molecule has 2 rings (SSSR count). The average Bonchev–Trinajstić information content (AvgIpc) is 2.53. The molecule has 1 aromatic carbocycles. The van der Waals surface area contributed by atoms with E-state index in [1.54, 1.807) is 6.07 Å². The lowest BCUT2D eigenvalue weighted by Crippen LogP contribution is -2.41. The first kappa shape index (κ1) is 15.6. The van der Waals surface area contributed by atoms with Crippen LogP contribution >= 0.6 is 0 Å². The van der Waals surface area contributed by atoms with Gasteiger partial charge in [0.15, 0.2) is 0 Å². The van der Waals surface area contributed by atoms with Crippen molar-refractivity contribution in [1.29, 1.82) is 0 Å². The normalized spacial score (nSPS) is 17.2. The predicted octanol–water partition coefficient (Wildman–Crippen LogP) is 2.34. The van der Waals surface area contributed by atoms with Crippen LogP contribution < -0.4 is 11.1 Å². The Labute approximate surface area is 126 Å². The summed E-state index contributed by atoms with van der Waals surface area (Å²) < 4.78 is 4.74. The van der Waals surface area contributed by atoms with Crippen molar-refractivity contribution >= 4 is 17.3 Å². The van der Waals surface area contributed by atoms with Gasteiger partial charge in [0.1, 0.15) is 0 Å². The third kappa shape index (κ3) is 3.88. The first-order valence-electron chi connectivity index (χ1n) is 7.58. The average molecular weight is 291 g/mol. The van der Waals surface area contributed by atoms with Crippen molar-refractivity contribution in [3.8, 4) is 0 Å². The standard InChI is InChI=1S/C16H25N3O2/c1-12(19-9-4-3-5-10-19)11-18-14-8-6-7-13(15(14)17)16(20)21-2/h6-8,12,18H,3-5,9-11,17H2,1-2H3. The summed E-state index contributed by atoms with van der Waals surface area (Å²) in [6.07, 6.45) is 3.90. The van der Waals surface area contributed by atoms with Crippen molar-refractivity contribution in [1.82, 2.24) is 4.90 Å². The molecule has 5 heteroatoms. The van der Waals surface area contributed by atoms with Crippen LogP contribution in [-0.4, -0.2) is 43.7 Å². The zero-order chi connectivity index (χ0) is 15.2. The van der Waals surface area contributed by atoms with Crippen LogP contribution in [0.2, 0.25) is 0 Å². The Hall–Kier alpha value is -1.75. The molecule has 0 saturated carbocycles. The number of nitrogen functional groups attached to an aromatic ring is 1. The van der Waals surface area contributed by atoms with Gasteiger partial charge in [-0.1, -0.05) is 12.5 Å². The number of methoxy groups -OCH3 is 1. The second-order valence-electron chi connectivity index (χ2n) is 5.58. The van der Waals surface area contributed by atoms with Gasteiger partial charge in [0.05, 0.1) is 24.0 Å². The van der Waals surface area contributed by atoms with Crippen molar-refractivity contribution in [3.63, 3.8) is 0 Å². The van der Waals surface area contributed by atoms with Crippen molar-refractivity contribution < 1.29 is 9.53 Å². The Morgan fingerprint density at radius 2 is 2.10 bits per heavy atom. The van der Waals surface area contributed by atoms with E-state index in [2.05, 4.69) is 17.1 Å². The number of nitrogens with one attached hydrogen (secondary N) is 1. The fraction of sp³-hybridized carbons (Fsp3) is 0.562. The highest BCUT2D eigenvalue weighted by Gasteiger charge is 2.17. The zero-order valence-electron chi connectivity index (χ0n) is 12.9. The highest BCUT2D eigenvalue weighted by Crippen LogP contribution is 2.23. The molecule has 5 nitrogen and oxygen atoms in total. The summed E-state index contributed by atoms with van der Waals surface area (Å²) in [5, 5.41) is 3.35. The fourth-order valence-electron chi connectivity index (χ4n) is 2.75. The van der Waals surface area contributed by atoms with E-state index in [0.717, 1.165) is 12.2 Å². The van der Waals surface area contributed by atoms with Gasteiger partial charge >= 0.3 is 5.97 Å². The van der Waals surface area contributed by atoms with Gasteiger partial charge in [-0.2, -0.15) is 0 Å². The largest absolute Gasteiger partial charge is 0.465 e. The number of carbonyl (C=O) groups excluding carboxylic acids is 1. The number of ether oxygens (including phenoxy) is 1. The smallest absolute Gasteiger partial charge is 0.340 e. The number of likely N-dealkylation sites (tertiary alicyclic amines) is 1. The van der Waals surface area contributed by atoms with Crippen LogP contribution in [0.1, 0.15) is 36.5 Å². The molecule has 1 fully saturated rings. The third-order valence-electron chi connectivity index (χ3n) is 4.11. The molecule has 0 spiro atoms. The van der Waals surface area contributed by atoms with Crippen LogP contribution in [0, 0.1) is 0 Å². The lowest BCUT2D eigenvalue weighted by atomic mass is 10.1. The van der Waals surface area contributed by atoms with Gasteiger partial charge in [-0.25, -0.2) is 4.79 Å². The maximum absolute atomic E-state index is 11.6. The van der Waals surface area contributed by atoms with Gasteiger partial charge in [-0.15, -0.1) is 0 Å². The minimum atomic E-state index is -0.403. The zero-order valence-corrected chi connectivity index (χ0v) is 12.9. The van der Waals surface area contributed by atoms with E-state index < -0.39 is 5.97 Å². The monoisotopic (exact) mass is 291 g/mol. The van der Waals surface area contributed by atoms with Crippen LogP contribution in [-0.2, 0) is 4.74 Å². The summed E-state index contributed by atoms with van der Waals surface area (Å²) in [7, 11) is 1.36. The third-order valence-corrected chi connectivity index (χ3v) is 4.11. The number of benzene rings is 1. The molecule has 1 heterocycles. The van der Waals surface area contributed by atoms with E-state index in [-0.39, 0.29) is 0 Å². The molecule has 21 heavy (non-hydrogen) atoms. The molecule has 1 atom stereocenters. The highest BCUT2D eigenvalue weighted by atomic mass is 16.5. The summed E-state index contributed by atoms with van der Waals surface area (Å²) >= 11 is 0. The molecule has 3 N–H and O–H groups in total. The topological polar surface area (TPSA) is 67.6 Å². The number of hydrogen-bond donors (Lipinski definition) is 2. The van der Waals surface area contributed by atoms with Gasteiger partial charge in [0, 0.05) is 12.6 Å². The molecular formula is C16H25N3O2. The second-order valence-corrected chi connectivity index (χ2v) is 5.58. The number of para-hydroxylation sites is 1. The summed E-state index contributed by atoms with van der Waals surface area (Å²) in [5.74, 6) is -0.403. The number of piperidine rings is 1. The molecule has 0 bridgehead atoms. The van der Waals surface area contributed by atoms with E-state index in [1.165, 1.54) is 39.5 Å². The Morgan fingerprint density at radius 1 is 1.38 bits per heavy atom. The summed E-state index contributed by atoms with van der Waals surface area (Å²) in [4.78, 5) is 14.1. The molecule has 0 radical (unpaired) electrons. The number of anilines is 2. The molecule has 116 valence electrons. The van der Waals surface area contributed by atoms with Crippen LogP contribution in [0.15, 0.2) is 18.2 Å². The Balaban J connectivity index is 1.98. The lowest BCUT2D eigenvalue weighted by Gasteiger charge is -2.32. The van der Waals surface area contributed by atoms with Gasteiger partial charge in [0.2, 0.25) is 0 Å². The van der Waals surface area contributed by atoms with Gasteiger partial charge in [0.25, 0.3) is 0 Å². The molecule has 1 unspecified atom stereocenters. The van der Waals surface area contributed by atoms with E-state index in [1.807, 2.05) is 12.1 Å². The maximum Gasteiger partial charge on any atom is 0.340 e. The molecule has 0 amide bonds. The van der Waals surface area contributed by atoms with Gasteiger partial charge in [-0.3, -0.25) is 4.90 Å². The van der Waals surface area contributed by atoms with Crippen LogP contribution in [0.5, 0.6) is 0 Å². The van der Waals surface area contributed by atoms with Crippen molar-refractivity contribution in [2.45, 2.75) is 32.2 Å². The van der Waals surface area contributed by atoms with E-state index in [4.69, 9.17) is 10.5 Å². The molecule has 0 aromatic heterocycles. The van der Waals surface area contributed by atoms with Crippen molar-refractivity contribution in [2.24, 2.45) is 0 Å². The number of esters is 1. The number of nitrogens with two attached hydrogens (primary N) is 1. The second kappa shape index (κ2) is 7.31. The predicted molar refractivity (Wildman–Crippen MR) is 85.6 cm³/mol. The number of rotatable bonds is 5. The highest BCUT2D eigenvalue weighted by molar-refractivity contribution is 5.98. The maximum atomic E-state index is 11.6. The molecule has 0 aliphatic carbocycles. The minimum absolute atomic E-state index is 0.403. The Kier molecular flexibility index (Phi) is 5.44. The summed E-state index contributed by atoms with van der Waals surface area (Å²) in [6.45, 7) is 5.37. The first-order chi connectivity index (χ1) is 10.1. The molecule has 1 saturated heterocycles. The Bertz CT molecular complexity index is 484. The molecule has 1 aromatic rings. The molecule has 1 aliphatic heterocycles. The Morgan fingerprint density at radius 3 is 2.76 bits per heavy atom. The van der Waals surface area contributed by atoms with Crippen LogP contribution in [0.3, 0.4) is 0 Å². The fourth-order valence-corrected chi connectivity index (χ4v) is 2.75. The minimum Gasteiger partial charge on any atom is -0.465 e. The number of hydrogen-bond acceptors (Lipinski definition) is 5. The van der Waals surface area contributed by atoms with Crippen molar-refractivity contribution in [3.05, 3.63) is 23.8 Å². The van der Waals surface area contributed by atoms with E-state index in [0.29, 0.717) is 17.3 Å². The van der Waals surface area contributed by atoms with Crippen molar-refractivity contribution in [2.75, 3.05) is 37.8 Å². The number of nitrogens with zero attached hydrogens (tertiary/aromatic N) is 1. The lowest BCUT2D eigenvalue weighted by molar-refractivity contribution is 0.0602. The molecule has 1 aliphatic rings. The summed E-state index contributed by atoms with van der Waals surface area (Å²) in [5.41, 5.74) is 7.71. The van der Waals surface area contributed by atoms with E-state index >= 15 is 0 Å². The quantitative estimate of drug-likeness (QED) is 0.644. The first-order valence-corrected chi connectivity index (χ1v) is 7.58. The van der Waals surface area contributed by atoms with Crippen LogP contribution in [0.4, 0.5) is 11.4 Å². The number of carbonyl (C=O) groups is 1. The van der Waals surface area contributed by atoms with Gasteiger partial charge < -0.3 is 15.8 Å².